The number of nitrogens with zero attached hydrogens (tertiary/aromatic N) is 4. The Morgan fingerprint density at radius 1 is 1.28 bits per heavy atom. The molecule has 0 saturated carbocycles. The summed E-state index contributed by atoms with van der Waals surface area (Å²) in [6.07, 6.45) is 5.52. The highest BCUT2D eigenvalue weighted by Gasteiger charge is 2.20. The molecular weight excluding hydrogens is 320 g/mol. The van der Waals surface area contributed by atoms with E-state index in [0.29, 0.717) is 6.04 Å². The van der Waals surface area contributed by atoms with E-state index < -0.39 is 0 Å². The molecule has 2 aliphatic heterocycles. The Balaban J connectivity index is 1.31. The number of fused-ring (bicyclic) bond motifs is 2. The Labute approximate surface area is 144 Å². The monoisotopic (exact) mass is 338 g/mol. The van der Waals surface area contributed by atoms with Crippen molar-refractivity contribution in [2.75, 3.05) is 6.79 Å². The fraction of sp³-hybridized carbons (Fsp3) is 0.353. The van der Waals surface area contributed by atoms with Gasteiger partial charge in [-0.1, -0.05) is 0 Å². The van der Waals surface area contributed by atoms with E-state index in [1.807, 2.05) is 29.1 Å². The molecule has 4 heterocycles. The van der Waals surface area contributed by atoms with Gasteiger partial charge in [0.2, 0.25) is 6.79 Å². The van der Waals surface area contributed by atoms with Crippen molar-refractivity contribution in [1.29, 1.82) is 0 Å². The Hall–Kier alpha value is -2.87. The van der Waals surface area contributed by atoms with Crippen molar-refractivity contribution in [3.05, 3.63) is 42.1 Å². The molecule has 1 atom stereocenters. The van der Waals surface area contributed by atoms with Crippen LogP contribution in [0, 0.1) is 0 Å². The maximum absolute atomic E-state index is 5.47. The summed E-state index contributed by atoms with van der Waals surface area (Å²) in [6.45, 7) is 1.88. The molecular formula is C17H18N6O2. The van der Waals surface area contributed by atoms with E-state index in [0.717, 1.165) is 60.1 Å². The maximum atomic E-state index is 5.47. The normalized spacial score (nSPS) is 18.3. The van der Waals surface area contributed by atoms with E-state index in [9.17, 15) is 0 Å². The number of hydrogen-bond acceptors (Lipinski definition) is 6. The van der Waals surface area contributed by atoms with Crippen molar-refractivity contribution in [3.8, 4) is 22.8 Å². The minimum Gasteiger partial charge on any atom is -0.454 e. The third-order valence-corrected chi connectivity index (χ3v) is 4.77. The predicted octanol–water partition coefficient (Wildman–Crippen LogP) is 1.50. The van der Waals surface area contributed by atoms with Gasteiger partial charge in [0.25, 0.3) is 0 Å². The van der Waals surface area contributed by atoms with E-state index >= 15 is 0 Å². The highest BCUT2D eigenvalue weighted by Crippen LogP contribution is 2.36. The number of H-pyrrole nitrogens is 1. The van der Waals surface area contributed by atoms with Crippen LogP contribution in [0.25, 0.3) is 11.3 Å². The lowest BCUT2D eigenvalue weighted by Crippen LogP contribution is -2.37. The zero-order valence-electron chi connectivity index (χ0n) is 13.6. The fourth-order valence-electron chi connectivity index (χ4n) is 3.41. The van der Waals surface area contributed by atoms with Crippen LogP contribution in [0.1, 0.15) is 17.8 Å². The Morgan fingerprint density at radius 2 is 2.24 bits per heavy atom. The van der Waals surface area contributed by atoms with Crippen LogP contribution in [-0.4, -0.2) is 37.8 Å². The molecule has 5 rings (SSSR count). The maximum Gasteiger partial charge on any atom is 0.231 e. The van der Waals surface area contributed by atoms with Gasteiger partial charge in [-0.25, -0.2) is 9.67 Å². The predicted molar refractivity (Wildman–Crippen MR) is 89.1 cm³/mol. The lowest BCUT2D eigenvalue weighted by Gasteiger charge is -2.23. The van der Waals surface area contributed by atoms with Crippen molar-refractivity contribution < 1.29 is 9.47 Å². The molecule has 0 saturated heterocycles. The van der Waals surface area contributed by atoms with Gasteiger partial charge in [-0.05, 0) is 24.6 Å². The van der Waals surface area contributed by atoms with Crippen molar-refractivity contribution in [1.82, 2.24) is 30.3 Å². The first kappa shape index (κ1) is 14.5. The fourth-order valence-corrected chi connectivity index (χ4v) is 3.41. The number of benzene rings is 1. The zero-order chi connectivity index (χ0) is 16.6. The van der Waals surface area contributed by atoms with Crippen LogP contribution < -0.4 is 14.8 Å². The summed E-state index contributed by atoms with van der Waals surface area (Å²) in [5, 5.41) is 15.2. The van der Waals surface area contributed by atoms with Gasteiger partial charge >= 0.3 is 0 Å². The average Bonchev–Trinajstić information content (AvgIpc) is 3.37. The van der Waals surface area contributed by atoms with Gasteiger partial charge in [-0.15, -0.1) is 0 Å². The molecule has 8 heteroatoms. The van der Waals surface area contributed by atoms with Crippen molar-refractivity contribution in [2.24, 2.45) is 0 Å². The third-order valence-electron chi connectivity index (χ3n) is 4.77. The number of aromatic nitrogens is 5. The highest BCUT2D eigenvalue weighted by molar-refractivity contribution is 5.66. The molecule has 0 amide bonds. The van der Waals surface area contributed by atoms with Crippen LogP contribution in [0.3, 0.4) is 0 Å². The average molecular weight is 338 g/mol. The molecule has 0 aliphatic carbocycles. The van der Waals surface area contributed by atoms with E-state index in [4.69, 9.17) is 9.47 Å². The zero-order valence-corrected chi connectivity index (χ0v) is 13.6. The van der Waals surface area contributed by atoms with Gasteiger partial charge in [0.05, 0.1) is 18.4 Å². The first-order chi connectivity index (χ1) is 12.4. The minimum atomic E-state index is 0.280. The number of rotatable bonds is 4. The minimum absolute atomic E-state index is 0.280. The summed E-state index contributed by atoms with van der Waals surface area (Å²) < 4.78 is 12.8. The standard InChI is InChI=1S/C17H18N6O2/c1-3-14-15(25-10-24-14)5-11(1)17-12(7-20-22-17)6-18-13-2-4-16-19-9-21-23(16)8-13/h1,3,5,7,9,13,18H,2,4,6,8,10H2,(H,20,22). The molecule has 0 fully saturated rings. The molecule has 128 valence electrons. The van der Waals surface area contributed by atoms with Gasteiger partial charge < -0.3 is 14.8 Å². The molecule has 8 nitrogen and oxygen atoms in total. The van der Waals surface area contributed by atoms with Crippen LogP contribution in [0.5, 0.6) is 11.5 Å². The van der Waals surface area contributed by atoms with Gasteiger partial charge in [0.15, 0.2) is 11.5 Å². The van der Waals surface area contributed by atoms with E-state index in [1.54, 1.807) is 6.33 Å². The molecule has 2 aliphatic rings. The Morgan fingerprint density at radius 3 is 3.24 bits per heavy atom. The van der Waals surface area contributed by atoms with Crippen molar-refractivity contribution in [2.45, 2.75) is 32.0 Å². The SMILES string of the molecule is c1nc2n(n1)CC(NCc1cn[nH]c1-c1ccc3c(c1)OCO3)CC2. The molecule has 25 heavy (non-hydrogen) atoms. The molecule has 2 N–H and O–H groups in total. The van der Waals surface area contributed by atoms with Crippen LogP contribution in [0.15, 0.2) is 30.7 Å². The number of hydrogen-bond donors (Lipinski definition) is 2. The first-order valence-electron chi connectivity index (χ1n) is 8.39. The van der Waals surface area contributed by atoms with Gasteiger partial charge in [-0.3, -0.25) is 5.10 Å². The molecule has 1 unspecified atom stereocenters. The largest absolute Gasteiger partial charge is 0.454 e. The lowest BCUT2D eigenvalue weighted by molar-refractivity contribution is 0.174. The summed E-state index contributed by atoms with van der Waals surface area (Å²) in [4.78, 5) is 4.27. The van der Waals surface area contributed by atoms with E-state index in [1.165, 1.54) is 0 Å². The summed E-state index contributed by atoms with van der Waals surface area (Å²) in [7, 11) is 0. The summed E-state index contributed by atoms with van der Waals surface area (Å²) in [5.41, 5.74) is 3.17. The van der Waals surface area contributed by atoms with Crippen LogP contribution in [0.2, 0.25) is 0 Å². The molecule has 0 radical (unpaired) electrons. The second-order valence-electron chi connectivity index (χ2n) is 6.31. The Kier molecular flexibility index (Phi) is 3.41. The molecule has 0 spiro atoms. The van der Waals surface area contributed by atoms with Crippen LogP contribution in [0.4, 0.5) is 0 Å². The molecule has 1 aromatic carbocycles. The highest BCUT2D eigenvalue weighted by atomic mass is 16.7. The lowest BCUT2D eigenvalue weighted by atomic mass is 10.1. The second kappa shape index (κ2) is 5.89. The summed E-state index contributed by atoms with van der Waals surface area (Å²) >= 11 is 0. The second-order valence-corrected chi connectivity index (χ2v) is 6.31. The number of aryl methyl sites for hydroxylation is 1. The van der Waals surface area contributed by atoms with E-state index in [2.05, 4.69) is 25.6 Å². The van der Waals surface area contributed by atoms with Gasteiger partial charge in [0, 0.05) is 30.1 Å². The number of aromatic amines is 1. The topological polar surface area (TPSA) is 89.9 Å². The summed E-state index contributed by atoms with van der Waals surface area (Å²) in [6, 6.07) is 6.33. The number of nitrogens with one attached hydrogen (secondary N) is 2. The Bertz CT molecular complexity index is 902. The van der Waals surface area contributed by atoms with E-state index in [-0.39, 0.29) is 6.79 Å². The van der Waals surface area contributed by atoms with Gasteiger partial charge in [0.1, 0.15) is 12.2 Å². The quantitative estimate of drug-likeness (QED) is 0.749. The molecule has 2 aromatic heterocycles. The molecule has 0 bridgehead atoms. The van der Waals surface area contributed by atoms with Crippen LogP contribution in [-0.2, 0) is 19.5 Å². The summed E-state index contributed by atoms with van der Waals surface area (Å²) in [5.74, 6) is 2.63. The smallest absolute Gasteiger partial charge is 0.231 e. The number of ether oxygens (including phenoxy) is 2. The first-order valence-corrected chi connectivity index (χ1v) is 8.39. The molecule has 3 aromatic rings. The van der Waals surface area contributed by atoms with Crippen LogP contribution >= 0.6 is 0 Å². The third kappa shape index (κ3) is 2.64. The van der Waals surface area contributed by atoms with Crippen molar-refractivity contribution >= 4 is 0 Å². The van der Waals surface area contributed by atoms with Crippen molar-refractivity contribution in [3.63, 3.8) is 0 Å². The van der Waals surface area contributed by atoms with Gasteiger partial charge in [-0.2, -0.15) is 10.2 Å².